The summed E-state index contributed by atoms with van der Waals surface area (Å²) in [6.07, 6.45) is 1.58. The van der Waals surface area contributed by atoms with Gasteiger partial charge in [0.1, 0.15) is 6.04 Å². The third-order valence-corrected chi connectivity index (χ3v) is 2.12. The van der Waals surface area contributed by atoms with Gasteiger partial charge in [0.2, 0.25) is 5.91 Å². The molecule has 1 aromatic rings. The van der Waals surface area contributed by atoms with Crippen molar-refractivity contribution in [2.45, 2.75) is 19.4 Å². The third-order valence-electron chi connectivity index (χ3n) is 2.12. The third kappa shape index (κ3) is 4.10. The van der Waals surface area contributed by atoms with E-state index in [2.05, 4.69) is 15.0 Å². The minimum atomic E-state index is -0.665. The average Bonchev–Trinajstić information content (AvgIpc) is 2.30. The maximum Gasteiger partial charge on any atom is 0.328 e. The minimum absolute atomic E-state index is 0.0988. The Labute approximate surface area is 99.2 Å². The first kappa shape index (κ1) is 13.0. The van der Waals surface area contributed by atoms with Crippen LogP contribution in [-0.4, -0.2) is 30.0 Å². The first-order valence-electron chi connectivity index (χ1n) is 5.10. The molecule has 1 rings (SSSR count). The van der Waals surface area contributed by atoms with Crippen LogP contribution >= 0.6 is 0 Å². The number of ether oxygens (including phenoxy) is 1. The Balaban J connectivity index is 2.50. The van der Waals surface area contributed by atoms with Crippen molar-refractivity contribution in [3.63, 3.8) is 0 Å². The number of hydrogen-bond acceptors (Lipinski definition) is 5. The van der Waals surface area contributed by atoms with E-state index in [1.54, 1.807) is 19.1 Å². The topological polar surface area (TPSA) is 94.3 Å². The molecule has 1 amide bonds. The summed E-state index contributed by atoms with van der Waals surface area (Å²) in [5.41, 5.74) is 6.60. The molecule has 0 aliphatic heterocycles. The number of amides is 1. The number of carbonyl (C=O) groups is 2. The first-order chi connectivity index (χ1) is 8.02. The predicted octanol–water partition coefficient (Wildman–Crippen LogP) is -0.116. The van der Waals surface area contributed by atoms with Crippen LogP contribution in [0.2, 0.25) is 0 Å². The average molecular weight is 237 g/mol. The van der Waals surface area contributed by atoms with Gasteiger partial charge in [-0.25, -0.2) is 4.79 Å². The van der Waals surface area contributed by atoms with E-state index in [-0.39, 0.29) is 12.3 Å². The number of nitrogens with two attached hydrogens (primary N) is 1. The molecule has 0 saturated heterocycles. The van der Waals surface area contributed by atoms with Gasteiger partial charge < -0.3 is 15.8 Å². The number of nitrogens with one attached hydrogen (secondary N) is 1. The number of pyridine rings is 1. The van der Waals surface area contributed by atoms with E-state index in [1.165, 1.54) is 13.3 Å². The van der Waals surface area contributed by atoms with Crippen LogP contribution in [0.5, 0.6) is 0 Å². The van der Waals surface area contributed by atoms with E-state index in [4.69, 9.17) is 5.73 Å². The zero-order valence-corrected chi connectivity index (χ0v) is 9.77. The van der Waals surface area contributed by atoms with Crippen LogP contribution in [0.15, 0.2) is 18.3 Å². The smallest absolute Gasteiger partial charge is 0.328 e. The van der Waals surface area contributed by atoms with Crippen molar-refractivity contribution >= 4 is 17.6 Å². The zero-order chi connectivity index (χ0) is 12.8. The van der Waals surface area contributed by atoms with Crippen LogP contribution < -0.4 is 11.1 Å². The normalized spacial score (nSPS) is 11.6. The summed E-state index contributed by atoms with van der Waals surface area (Å²) in [5, 5.41) is 2.51. The molecule has 1 atom stereocenters. The lowest BCUT2D eigenvalue weighted by atomic mass is 10.2. The number of nitrogen functional groups attached to an aromatic ring is 1. The highest BCUT2D eigenvalue weighted by Gasteiger charge is 2.15. The fourth-order valence-corrected chi connectivity index (χ4v) is 1.23. The SMILES string of the molecule is COC(=O)C(C)NC(=O)Cc1ccc(N)cn1. The van der Waals surface area contributed by atoms with Gasteiger partial charge in [-0.3, -0.25) is 9.78 Å². The molecule has 17 heavy (non-hydrogen) atoms. The van der Waals surface area contributed by atoms with E-state index in [9.17, 15) is 9.59 Å². The second-order valence-corrected chi connectivity index (χ2v) is 3.57. The number of carbonyl (C=O) groups excluding carboxylic acids is 2. The maximum atomic E-state index is 11.5. The summed E-state index contributed by atoms with van der Waals surface area (Å²) in [4.78, 5) is 26.6. The highest BCUT2D eigenvalue weighted by Crippen LogP contribution is 2.01. The van der Waals surface area contributed by atoms with Gasteiger partial charge in [-0.1, -0.05) is 0 Å². The fourth-order valence-electron chi connectivity index (χ4n) is 1.23. The largest absolute Gasteiger partial charge is 0.467 e. The van der Waals surface area contributed by atoms with E-state index < -0.39 is 12.0 Å². The van der Waals surface area contributed by atoms with Crippen LogP contribution in [0.3, 0.4) is 0 Å². The number of rotatable bonds is 4. The van der Waals surface area contributed by atoms with Crippen LogP contribution in [0.4, 0.5) is 5.69 Å². The number of aromatic nitrogens is 1. The lowest BCUT2D eigenvalue weighted by Crippen LogP contribution is -2.40. The van der Waals surface area contributed by atoms with E-state index in [0.717, 1.165) is 0 Å². The van der Waals surface area contributed by atoms with Gasteiger partial charge >= 0.3 is 5.97 Å². The number of hydrogen-bond donors (Lipinski definition) is 2. The van der Waals surface area contributed by atoms with Gasteiger partial charge in [0.25, 0.3) is 0 Å². The van der Waals surface area contributed by atoms with Crippen molar-refractivity contribution in [1.82, 2.24) is 10.3 Å². The predicted molar refractivity (Wildman–Crippen MR) is 62.0 cm³/mol. The van der Waals surface area contributed by atoms with Crippen LogP contribution in [0.1, 0.15) is 12.6 Å². The number of esters is 1. The van der Waals surface area contributed by atoms with Gasteiger partial charge in [0.05, 0.1) is 25.4 Å². The lowest BCUT2D eigenvalue weighted by Gasteiger charge is -2.11. The number of methoxy groups -OCH3 is 1. The van der Waals surface area contributed by atoms with Crippen molar-refractivity contribution in [2.24, 2.45) is 0 Å². The molecular formula is C11H15N3O3. The Hall–Kier alpha value is -2.11. The summed E-state index contributed by atoms with van der Waals surface area (Å²) >= 11 is 0. The monoisotopic (exact) mass is 237 g/mol. The van der Waals surface area contributed by atoms with Gasteiger partial charge in [-0.05, 0) is 19.1 Å². The van der Waals surface area contributed by atoms with Crippen molar-refractivity contribution in [1.29, 1.82) is 0 Å². The molecular weight excluding hydrogens is 222 g/mol. The number of nitrogens with zero attached hydrogens (tertiary/aromatic N) is 1. The lowest BCUT2D eigenvalue weighted by molar-refractivity contribution is -0.144. The highest BCUT2D eigenvalue weighted by atomic mass is 16.5. The molecule has 92 valence electrons. The van der Waals surface area contributed by atoms with Gasteiger partial charge in [0, 0.05) is 5.69 Å². The molecule has 6 heteroatoms. The van der Waals surface area contributed by atoms with Gasteiger partial charge in [-0.15, -0.1) is 0 Å². The molecule has 0 bridgehead atoms. The molecule has 0 aliphatic carbocycles. The molecule has 1 unspecified atom stereocenters. The molecule has 0 aromatic carbocycles. The standard InChI is InChI=1S/C11H15N3O3/c1-7(11(16)17-2)14-10(15)5-9-4-3-8(12)6-13-9/h3-4,6-7H,5,12H2,1-2H3,(H,14,15). The Morgan fingerprint density at radius 1 is 1.53 bits per heavy atom. The van der Waals surface area contributed by atoms with Crippen molar-refractivity contribution in [3.8, 4) is 0 Å². The quantitative estimate of drug-likeness (QED) is 0.712. The molecule has 0 fully saturated rings. The molecule has 1 heterocycles. The van der Waals surface area contributed by atoms with E-state index >= 15 is 0 Å². The maximum absolute atomic E-state index is 11.5. The van der Waals surface area contributed by atoms with Crippen LogP contribution in [0.25, 0.3) is 0 Å². The van der Waals surface area contributed by atoms with E-state index in [0.29, 0.717) is 11.4 Å². The molecule has 6 nitrogen and oxygen atoms in total. The van der Waals surface area contributed by atoms with Crippen molar-refractivity contribution in [2.75, 3.05) is 12.8 Å². The summed E-state index contributed by atoms with van der Waals surface area (Å²) in [6.45, 7) is 1.56. The fraction of sp³-hybridized carbons (Fsp3) is 0.364. The summed E-state index contributed by atoms with van der Waals surface area (Å²) in [7, 11) is 1.27. The van der Waals surface area contributed by atoms with E-state index in [1.807, 2.05) is 0 Å². The Kier molecular flexibility index (Phi) is 4.45. The molecule has 1 aromatic heterocycles. The Morgan fingerprint density at radius 3 is 2.76 bits per heavy atom. The van der Waals surface area contributed by atoms with Gasteiger partial charge in [0.15, 0.2) is 0 Å². The first-order valence-corrected chi connectivity index (χ1v) is 5.10. The number of anilines is 1. The van der Waals surface area contributed by atoms with Gasteiger partial charge in [-0.2, -0.15) is 0 Å². The van der Waals surface area contributed by atoms with Crippen molar-refractivity contribution in [3.05, 3.63) is 24.0 Å². The Bertz CT molecular complexity index is 403. The molecule has 0 saturated carbocycles. The highest BCUT2D eigenvalue weighted by molar-refractivity contribution is 5.85. The summed E-state index contributed by atoms with van der Waals surface area (Å²) < 4.78 is 4.49. The minimum Gasteiger partial charge on any atom is -0.467 e. The molecule has 3 N–H and O–H groups in total. The summed E-state index contributed by atoms with van der Waals surface area (Å²) in [6, 6.07) is 2.66. The zero-order valence-electron chi connectivity index (χ0n) is 9.77. The van der Waals surface area contributed by atoms with Crippen LogP contribution in [-0.2, 0) is 20.7 Å². The van der Waals surface area contributed by atoms with Crippen LogP contribution in [0, 0.1) is 0 Å². The second kappa shape index (κ2) is 5.83. The second-order valence-electron chi connectivity index (χ2n) is 3.57. The summed E-state index contributed by atoms with van der Waals surface area (Å²) in [5.74, 6) is -0.774. The molecule has 0 spiro atoms. The Morgan fingerprint density at radius 2 is 2.24 bits per heavy atom. The molecule has 0 aliphatic rings. The van der Waals surface area contributed by atoms with Crippen molar-refractivity contribution < 1.29 is 14.3 Å². The molecule has 0 radical (unpaired) electrons.